The maximum absolute atomic E-state index is 5.47. The summed E-state index contributed by atoms with van der Waals surface area (Å²) in [5.41, 5.74) is 0.885. The van der Waals surface area contributed by atoms with Gasteiger partial charge in [-0.1, -0.05) is 12.1 Å². The second-order valence-electron chi connectivity index (χ2n) is 2.33. The smallest absolute Gasteiger partial charge is 0.151 e. The van der Waals surface area contributed by atoms with Crippen LogP contribution in [0.1, 0.15) is 0 Å². The predicted molar refractivity (Wildman–Crippen MR) is 49.0 cm³/mol. The molecule has 0 amide bonds. The first-order valence-corrected chi connectivity index (χ1v) is 3.86. The van der Waals surface area contributed by atoms with E-state index < -0.39 is 0 Å². The van der Waals surface area contributed by atoms with E-state index in [1.807, 2.05) is 24.3 Å². The van der Waals surface area contributed by atoms with Gasteiger partial charge in [-0.2, -0.15) is 0 Å². The molecule has 60 valence electrons. The van der Waals surface area contributed by atoms with E-state index in [0.717, 1.165) is 10.9 Å². The van der Waals surface area contributed by atoms with Crippen molar-refractivity contribution in [3.63, 3.8) is 0 Å². The number of nitrogens with zero attached hydrogens (tertiary/aromatic N) is 2. The minimum absolute atomic E-state index is 0.641. The molecule has 1 aromatic heterocycles. The second kappa shape index (κ2) is 2.95. The van der Waals surface area contributed by atoms with Crippen molar-refractivity contribution >= 4 is 28.5 Å². The standard InChI is InChI=1S/C8H6ClN3/c9-12-8-6-3-1-2-4-7(6)10-5-11-8/h1-5H,(H,10,11,12). The molecule has 0 bridgehead atoms. The number of halogens is 1. The summed E-state index contributed by atoms with van der Waals surface area (Å²) in [6.07, 6.45) is 1.48. The van der Waals surface area contributed by atoms with Gasteiger partial charge in [-0.3, -0.25) is 4.84 Å². The lowest BCUT2D eigenvalue weighted by Gasteiger charge is -2.00. The fraction of sp³-hybridized carbons (Fsp3) is 0. The first kappa shape index (κ1) is 7.31. The van der Waals surface area contributed by atoms with Crippen molar-refractivity contribution in [3.8, 4) is 0 Å². The fourth-order valence-corrected chi connectivity index (χ4v) is 1.23. The molecule has 0 aliphatic heterocycles. The topological polar surface area (TPSA) is 37.8 Å². The lowest BCUT2D eigenvalue weighted by atomic mass is 10.2. The first-order valence-electron chi connectivity index (χ1n) is 3.48. The van der Waals surface area contributed by atoms with Crippen LogP contribution in [0.4, 0.5) is 5.82 Å². The van der Waals surface area contributed by atoms with E-state index in [1.165, 1.54) is 6.33 Å². The van der Waals surface area contributed by atoms with E-state index in [2.05, 4.69) is 14.8 Å². The van der Waals surface area contributed by atoms with Gasteiger partial charge in [0.25, 0.3) is 0 Å². The van der Waals surface area contributed by atoms with Crippen LogP contribution in [0.15, 0.2) is 30.6 Å². The number of anilines is 1. The lowest BCUT2D eigenvalue weighted by Crippen LogP contribution is -1.89. The van der Waals surface area contributed by atoms with Gasteiger partial charge in [-0.05, 0) is 12.1 Å². The summed E-state index contributed by atoms with van der Waals surface area (Å²) in [6, 6.07) is 7.67. The van der Waals surface area contributed by atoms with Crippen molar-refractivity contribution in [1.29, 1.82) is 0 Å². The number of hydrogen-bond acceptors (Lipinski definition) is 3. The zero-order chi connectivity index (χ0) is 8.39. The Hall–Kier alpha value is -1.35. The van der Waals surface area contributed by atoms with Gasteiger partial charge in [0.2, 0.25) is 0 Å². The van der Waals surface area contributed by atoms with E-state index in [9.17, 15) is 0 Å². The van der Waals surface area contributed by atoms with Crippen molar-refractivity contribution in [2.45, 2.75) is 0 Å². The Kier molecular flexibility index (Phi) is 1.80. The van der Waals surface area contributed by atoms with Gasteiger partial charge in [0.15, 0.2) is 5.82 Å². The maximum Gasteiger partial charge on any atom is 0.151 e. The van der Waals surface area contributed by atoms with Crippen LogP contribution in [-0.2, 0) is 0 Å². The molecule has 3 nitrogen and oxygen atoms in total. The monoisotopic (exact) mass is 179 g/mol. The van der Waals surface area contributed by atoms with E-state index in [0.29, 0.717) is 5.82 Å². The van der Waals surface area contributed by atoms with Crippen LogP contribution >= 0.6 is 11.8 Å². The van der Waals surface area contributed by atoms with E-state index in [-0.39, 0.29) is 0 Å². The number of para-hydroxylation sites is 1. The number of benzene rings is 1. The Morgan fingerprint density at radius 1 is 1.17 bits per heavy atom. The van der Waals surface area contributed by atoms with Crippen LogP contribution in [-0.4, -0.2) is 9.97 Å². The average molecular weight is 180 g/mol. The molecule has 0 saturated heterocycles. The molecule has 0 aliphatic rings. The van der Waals surface area contributed by atoms with Crippen molar-refractivity contribution in [2.24, 2.45) is 0 Å². The summed E-state index contributed by atoms with van der Waals surface area (Å²) >= 11 is 5.47. The van der Waals surface area contributed by atoms with Gasteiger partial charge >= 0.3 is 0 Å². The molecule has 1 N–H and O–H groups in total. The number of fused-ring (bicyclic) bond motifs is 1. The van der Waals surface area contributed by atoms with Crippen LogP contribution in [0.2, 0.25) is 0 Å². The summed E-state index contributed by atoms with van der Waals surface area (Å²) in [6.45, 7) is 0. The Balaban J connectivity index is 2.79. The second-order valence-corrected chi connectivity index (χ2v) is 2.52. The van der Waals surface area contributed by atoms with Crippen LogP contribution in [0.5, 0.6) is 0 Å². The highest BCUT2D eigenvalue weighted by Gasteiger charge is 1.99. The van der Waals surface area contributed by atoms with E-state index in [1.54, 1.807) is 0 Å². The molecule has 0 atom stereocenters. The third kappa shape index (κ3) is 1.08. The highest BCUT2D eigenvalue weighted by molar-refractivity contribution is 6.25. The third-order valence-corrected chi connectivity index (χ3v) is 1.81. The molecule has 0 saturated carbocycles. The lowest BCUT2D eigenvalue weighted by molar-refractivity contribution is 1.23. The van der Waals surface area contributed by atoms with Crippen LogP contribution < -0.4 is 4.84 Å². The molecular weight excluding hydrogens is 174 g/mol. The highest BCUT2D eigenvalue weighted by Crippen LogP contribution is 2.18. The van der Waals surface area contributed by atoms with Crippen molar-refractivity contribution in [1.82, 2.24) is 9.97 Å². The molecule has 12 heavy (non-hydrogen) atoms. The molecule has 0 spiro atoms. The number of rotatable bonds is 1. The zero-order valence-electron chi connectivity index (χ0n) is 6.16. The molecule has 1 aromatic carbocycles. The SMILES string of the molecule is ClNc1ncnc2ccccc12. The Morgan fingerprint density at radius 2 is 2.00 bits per heavy atom. The normalized spacial score (nSPS) is 10.1. The van der Waals surface area contributed by atoms with Gasteiger partial charge in [0.05, 0.1) is 5.52 Å². The summed E-state index contributed by atoms with van der Waals surface area (Å²) in [5, 5.41) is 0.926. The summed E-state index contributed by atoms with van der Waals surface area (Å²) in [4.78, 5) is 10.5. The summed E-state index contributed by atoms with van der Waals surface area (Å²) < 4.78 is 0. The van der Waals surface area contributed by atoms with Gasteiger partial charge < -0.3 is 0 Å². The number of aromatic nitrogens is 2. The minimum Gasteiger partial charge on any atom is -0.282 e. The van der Waals surface area contributed by atoms with Crippen LogP contribution in [0, 0.1) is 0 Å². The van der Waals surface area contributed by atoms with E-state index in [4.69, 9.17) is 11.8 Å². The maximum atomic E-state index is 5.47. The quantitative estimate of drug-likeness (QED) is 0.682. The van der Waals surface area contributed by atoms with Crippen LogP contribution in [0.3, 0.4) is 0 Å². The molecule has 0 fully saturated rings. The Labute approximate surface area is 74.5 Å². The Morgan fingerprint density at radius 3 is 2.83 bits per heavy atom. The van der Waals surface area contributed by atoms with Gasteiger partial charge in [-0.15, -0.1) is 0 Å². The molecule has 4 heteroatoms. The first-order chi connectivity index (χ1) is 5.92. The zero-order valence-corrected chi connectivity index (χ0v) is 6.92. The highest BCUT2D eigenvalue weighted by atomic mass is 35.5. The predicted octanol–water partition coefficient (Wildman–Crippen LogP) is 2.20. The van der Waals surface area contributed by atoms with Gasteiger partial charge in [-0.25, -0.2) is 9.97 Å². The largest absolute Gasteiger partial charge is 0.282 e. The molecule has 1 heterocycles. The number of nitrogens with one attached hydrogen (secondary N) is 1. The molecule has 0 aliphatic carbocycles. The third-order valence-electron chi connectivity index (χ3n) is 1.63. The summed E-state index contributed by atoms with van der Waals surface area (Å²) in [5.74, 6) is 0.641. The molecule has 0 unspecified atom stereocenters. The molecule has 0 radical (unpaired) electrons. The minimum atomic E-state index is 0.641. The van der Waals surface area contributed by atoms with Crippen LogP contribution in [0.25, 0.3) is 10.9 Å². The Bertz CT molecular complexity index is 397. The molecule has 2 aromatic rings. The van der Waals surface area contributed by atoms with Crippen molar-refractivity contribution in [3.05, 3.63) is 30.6 Å². The summed E-state index contributed by atoms with van der Waals surface area (Å²) in [7, 11) is 0. The number of hydrogen-bond donors (Lipinski definition) is 1. The molecule has 2 rings (SSSR count). The average Bonchev–Trinajstić information content (AvgIpc) is 2.17. The van der Waals surface area contributed by atoms with Gasteiger partial charge in [0, 0.05) is 17.2 Å². The van der Waals surface area contributed by atoms with E-state index >= 15 is 0 Å². The van der Waals surface area contributed by atoms with Crippen molar-refractivity contribution < 1.29 is 0 Å². The van der Waals surface area contributed by atoms with Crippen molar-refractivity contribution in [2.75, 3.05) is 4.84 Å². The van der Waals surface area contributed by atoms with Gasteiger partial charge in [0.1, 0.15) is 6.33 Å². The fourth-order valence-electron chi connectivity index (χ4n) is 1.08. The molecular formula is C8H6ClN3.